The highest BCUT2D eigenvalue weighted by atomic mass is 31.2. The van der Waals surface area contributed by atoms with E-state index in [1.54, 1.807) is 0 Å². The van der Waals surface area contributed by atoms with Gasteiger partial charge >= 0.3 is 21.6 Å². The molecule has 0 spiro atoms. The number of carbonyl (C=O) groups is 1. The van der Waals surface area contributed by atoms with E-state index in [0.717, 1.165) is 0 Å². The molecular formula is C3H8O10P2. The molecule has 0 aromatic carbocycles. The number of hydrogen-bond donors (Lipinski definition) is 5. The number of phosphoric ester groups is 2. The van der Waals surface area contributed by atoms with Gasteiger partial charge in [-0.3, -0.25) is 14.3 Å². The van der Waals surface area contributed by atoms with E-state index in [2.05, 4.69) is 9.05 Å². The topological polar surface area (TPSA) is 171 Å². The van der Waals surface area contributed by atoms with Gasteiger partial charge in [0.15, 0.2) is 6.10 Å². The molecule has 0 fully saturated rings. The summed E-state index contributed by atoms with van der Waals surface area (Å²) >= 11 is 0. The SMILES string of the molecule is O=C(OP(=O)(O)O)C(CO)OP(=O)(O)O. The molecule has 0 heterocycles. The van der Waals surface area contributed by atoms with Crippen LogP contribution in [0.15, 0.2) is 0 Å². The predicted molar refractivity (Wildman–Crippen MR) is 42.1 cm³/mol. The van der Waals surface area contributed by atoms with E-state index in [-0.39, 0.29) is 0 Å². The molecule has 5 N–H and O–H groups in total. The van der Waals surface area contributed by atoms with Crippen LogP contribution in [0.2, 0.25) is 0 Å². The fraction of sp³-hybridized carbons (Fsp3) is 0.667. The molecule has 0 radical (unpaired) electrons. The highest BCUT2D eigenvalue weighted by Crippen LogP contribution is 2.40. The van der Waals surface area contributed by atoms with Gasteiger partial charge < -0.3 is 19.4 Å². The van der Waals surface area contributed by atoms with Gasteiger partial charge in [0.2, 0.25) is 0 Å². The van der Waals surface area contributed by atoms with Gasteiger partial charge in [0.05, 0.1) is 6.61 Å². The molecule has 0 aromatic rings. The molecule has 0 saturated carbocycles. The quantitative estimate of drug-likeness (QED) is 0.353. The Bertz CT molecular complexity index is 311. The molecule has 12 heteroatoms. The summed E-state index contributed by atoms with van der Waals surface area (Å²) in [7, 11) is -10.2. The molecule has 0 amide bonds. The molecule has 0 aromatic heterocycles. The molecule has 0 saturated heterocycles. The van der Waals surface area contributed by atoms with Crippen LogP contribution in [0.4, 0.5) is 0 Å². The van der Waals surface area contributed by atoms with Crippen molar-refractivity contribution in [2.45, 2.75) is 6.10 Å². The minimum atomic E-state index is -5.15. The van der Waals surface area contributed by atoms with E-state index < -0.39 is 34.3 Å². The van der Waals surface area contributed by atoms with Gasteiger partial charge in [-0.1, -0.05) is 0 Å². The average Bonchev–Trinajstić information content (AvgIpc) is 1.94. The highest BCUT2D eigenvalue weighted by Gasteiger charge is 2.33. The van der Waals surface area contributed by atoms with Crippen LogP contribution in [-0.2, 0) is 23.0 Å². The van der Waals surface area contributed by atoms with Crippen molar-refractivity contribution < 1.29 is 47.7 Å². The molecule has 90 valence electrons. The third kappa shape index (κ3) is 7.60. The lowest BCUT2D eigenvalue weighted by atomic mass is 10.4. The van der Waals surface area contributed by atoms with Crippen molar-refractivity contribution in [1.29, 1.82) is 0 Å². The smallest absolute Gasteiger partial charge is 0.393 e. The van der Waals surface area contributed by atoms with E-state index in [0.29, 0.717) is 0 Å². The maximum Gasteiger partial charge on any atom is 0.527 e. The molecule has 0 bridgehead atoms. The molecule has 1 unspecified atom stereocenters. The Hall–Kier alpha value is -0.310. The van der Waals surface area contributed by atoms with Gasteiger partial charge in [0.25, 0.3) is 0 Å². The molecule has 0 aliphatic carbocycles. The molecule has 0 rings (SSSR count). The summed E-state index contributed by atoms with van der Waals surface area (Å²) < 4.78 is 27.5. The number of phosphoric acid groups is 2. The Kier molecular flexibility index (Phi) is 5.04. The normalized spacial score (nSPS) is 14.7. The molecule has 0 aliphatic heterocycles. The Labute approximate surface area is 82.9 Å². The van der Waals surface area contributed by atoms with Crippen molar-refractivity contribution in [2.24, 2.45) is 0 Å². The molecular weight excluding hydrogens is 258 g/mol. The Morgan fingerprint density at radius 1 is 1.13 bits per heavy atom. The first-order valence-corrected chi connectivity index (χ1v) is 6.25. The van der Waals surface area contributed by atoms with Gasteiger partial charge in [-0.15, -0.1) is 0 Å². The summed E-state index contributed by atoms with van der Waals surface area (Å²) in [6.07, 6.45) is -2.17. The predicted octanol–water partition coefficient (Wildman–Crippen LogP) is -1.91. The monoisotopic (exact) mass is 266 g/mol. The van der Waals surface area contributed by atoms with Crippen LogP contribution in [-0.4, -0.2) is 43.4 Å². The fourth-order valence-electron chi connectivity index (χ4n) is 0.493. The minimum Gasteiger partial charge on any atom is -0.393 e. The van der Waals surface area contributed by atoms with Crippen LogP contribution in [0.25, 0.3) is 0 Å². The Morgan fingerprint density at radius 2 is 1.60 bits per heavy atom. The zero-order valence-corrected chi connectivity index (χ0v) is 8.75. The third-order valence-corrected chi connectivity index (χ3v) is 1.85. The summed E-state index contributed by atoms with van der Waals surface area (Å²) in [4.78, 5) is 43.5. The number of rotatable bonds is 5. The maximum atomic E-state index is 10.7. The minimum absolute atomic E-state index is 1.20. The fourth-order valence-corrected chi connectivity index (χ4v) is 1.33. The Balaban J connectivity index is 4.50. The molecule has 0 aliphatic rings. The van der Waals surface area contributed by atoms with Crippen LogP contribution in [0.1, 0.15) is 0 Å². The van der Waals surface area contributed by atoms with E-state index in [9.17, 15) is 13.9 Å². The van der Waals surface area contributed by atoms with E-state index >= 15 is 0 Å². The summed E-state index contributed by atoms with van der Waals surface area (Å²) in [6.45, 7) is -1.20. The summed E-state index contributed by atoms with van der Waals surface area (Å²) in [5.74, 6) is -1.78. The van der Waals surface area contributed by atoms with Crippen molar-refractivity contribution in [3.8, 4) is 0 Å². The van der Waals surface area contributed by atoms with E-state index in [4.69, 9.17) is 24.7 Å². The summed E-state index contributed by atoms with van der Waals surface area (Å²) in [6, 6.07) is 0. The van der Waals surface area contributed by atoms with Crippen molar-refractivity contribution in [3.05, 3.63) is 0 Å². The summed E-state index contributed by atoms with van der Waals surface area (Å²) in [5.41, 5.74) is 0. The van der Waals surface area contributed by atoms with Crippen LogP contribution in [0.5, 0.6) is 0 Å². The van der Waals surface area contributed by atoms with Crippen molar-refractivity contribution in [1.82, 2.24) is 0 Å². The number of aliphatic hydroxyl groups is 1. The number of hydrogen-bond acceptors (Lipinski definition) is 6. The standard InChI is InChI=1S/C3H8O10P2/c4-1-2(12-14(6,7)8)3(5)13-15(9,10)11/h2,4H,1H2,(H2,6,7,8)(H2,9,10,11). The van der Waals surface area contributed by atoms with Gasteiger partial charge in [-0.05, 0) is 0 Å². The van der Waals surface area contributed by atoms with E-state index in [1.807, 2.05) is 0 Å². The maximum absolute atomic E-state index is 10.7. The van der Waals surface area contributed by atoms with Gasteiger partial charge in [-0.25, -0.2) is 13.9 Å². The molecule has 15 heavy (non-hydrogen) atoms. The molecule has 1 atom stereocenters. The zero-order valence-electron chi connectivity index (χ0n) is 6.96. The lowest BCUT2D eigenvalue weighted by molar-refractivity contribution is -0.146. The van der Waals surface area contributed by atoms with Gasteiger partial charge in [0, 0.05) is 0 Å². The van der Waals surface area contributed by atoms with Gasteiger partial charge in [0.1, 0.15) is 0 Å². The first-order valence-electron chi connectivity index (χ1n) is 3.19. The lowest BCUT2D eigenvalue weighted by Gasteiger charge is -2.14. The van der Waals surface area contributed by atoms with Crippen LogP contribution >= 0.6 is 15.6 Å². The second-order valence-electron chi connectivity index (χ2n) is 2.17. The third-order valence-electron chi connectivity index (χ3n) is 0.902. The Morgan fingerprint density at radius 3 is 1.87 bits per heavy atom. The van der Waals surface area contributed by atoms with E-state index in [1.165, 1.54) is 0 Å². The zero-order chi connectivity index (χ0) is 12.3. The number of carbonyl (C=O) groups excluding carboxylic acids is 1. The van der Waals surface area contributed by atoms with Crippen LogP contribution in [0, 0.1) is 0 Å². The van der Waals surface area contributed by atoms with Gasteiger partial charge in [-0.2, -0.15) is 0 Å². The van der Waals surface area contributed by atoms with Crippen molar-refractivity contribution in [2.75, 3.05) is 6.61 Å². The van der Waals surface area contributed by atoms with Crippen LogP contribution < -0.4 is 0 Å². The summed E-state index contributed by atoms with van der Waals surface area (Å²) in [5, 5.41) is 8.43. The largest absolute Gasteiger partial charge is 0.527 e. The second kappa shape index (κ2) is 5.15. The first kappa shape index (κ1) is 14.7. The van der Waals surface area contributed by atoms with Crippen molar-refractivity contribution >= 4 is 21.6 Å². The lowest BCUT2D eigenvalue weighted by Crippen LogP contribution is -2.28. The first-order chi connectivity index (χ1) is 6.55. The van der Waals surface area contributed by atoms with Crippen molar-refractivity contribution in [3.63, 3.8) is 0 Å². The average molecular weight is 266 g/mol. The second-order valence-corrected chi connectivity index (χ2v) is 4.52. The number of aliphatic hydroxyl groups excluding tert-OH is 1. The molecule has 10 nitrogen and oxygen atoms in total. The highest BCUT2D eigenvalue weighted by molar-refractivity contribution is 7.47. The van der Waals surface area contributed by atoms with Crippen LogP contribution in [0.3, 0.4) is 0 Å².